The molecule has 1 unspecified atom stereocenters. The van der Waals surface area contributed by atoms with Gasteiger partial charge in [-0.25, -0.2) is 4.98 Å². The van der Waals surface area contributed by atoms with Crippen LogP contribution in [0.25, 0.3) is 11.2 Å². The maximum atomic E-state index is 12.5. The van der Waals surface area contributed by atoms with E-state index in [0.29, 0.717) is 25.0 Å². The van der Waals surface area contributed by atoms with Gasteiger partial charge in [0.25, 0.3) is 5.56 Å². The van der Waals surface area contributed by atoms with Gasteiger partial charge in [0, 0.05) is 18.9 Å². The third-order valence-corrected chi connectivity index (χ3v) is 7.73. The van der Waals surface area contributed by atoms with E-state index < -0.39 is 17.6 Å². The van der Waals surface area contributed by atoms with E-state index in [1.807, 2.05) is 13.8 Å². The average Bonchev–Trinajstić information content (AvgIpc) is 3.37. The molecule has 0 spiro atoms. The van der Waals surface area contributed by atoms with Crippen LogP contribution < -0.4 is 17.0 Å². The SMILES string of the molecule is CCCCCCCCCCCCCC(=O)OCC(CCn1cnc2c(=O)[nH]c(N)nc21)COC(=O)[C@@H](N)[C@@H](C)CC. The second-order valence-electron chi connectivity index (χ2n) is 11.2. The van der Waals surface area contributed by atoms with Crippen LogP contribution in [0.15, 0.2) is 11.1 Å². The molecular weight excluding hydrogens is 524 g/mol. The minimum Gasteiger partial charge on any atom is -0.465 e. The largest absolute Gasteiger partial charge is 0.465 e. The fourth-order valence-electron chi connectivity index (χ4n) is 4.67. The molecule has 0 aliphatic rings. The number of aromatic nitrogens is 4. The molecule has 0 radical (unpaired) electrons. The standard InChI is InChI=1S/C30H52N6O5/c1-4-6-7-8-9-10-11-12-13-14-15-16-24(37)40-19-23(20-41-29(39)25(31)22(3)5-2)17-18-36-21-33-26-27(36)34-30(32)35-28(26)38/h21-23,25H,4-20,31H2,1-3H3,(H3,32,34,35,38)/t22-,23?,25-/m0/s1. The first-order chi connectivity index (χ1) is 19.8. The number of aryl methyl sites for hydroxylation is 1. The Hall–Kier alpha value is -2.95. The summed E-state index contributed by atoms with van der Waals surface area (Å²) in [7, 11) is 0. The predicted molar refractivity (Wildman–Crippen MR) is 161 cm³/mol. The summed E-state index contributed by atoms with van der Waals surface area (Å²) in [5.74, 6) is -0.976. The van der Waals surface area contributed by atoms with Gasteiger partial charge in [0.2, 0.25) is 5.95 Å². The lowest BCUT2D eigenvalue weighted by Gasteiger charge is -2.21. The molecule has 0 aromatic carbocycles. The Morgan fingerprint density at radius 3 is 2.22 bits per heavy atom. The number of fused-ring (bicyclic) bond motifs is 1. The number of anilines is 1. The van der Waals surface area contributed by atoms with Gasteiger partial charge in [-0.1, -0.05) is 91.4 Å². The van der Waals surface area contributed by atoms with E-state index in [2.05, 4.69) is 21.9 Å². The van der Waals surface area contributed by atoms with Crippen molar-refractivity contribution in [1.82, 2.24) is 19.5 Å². The van der Waals surface area contributed by atoms with Crippen LogP contribution in [-0.2, 0) is 25.6 Å². The molecule has 3 atom stereocenters. The smallest absolute Gasteiger partial charge is 0.323 e. The molecule has 0 fully saturated rings. The van der Waals surface area contributed by atoms with Gasteiger partial charge >= 0.3 is 11.9 Å². The van der Waals surface area contributed by atoms with Crippen LogP contribution in [0.3, 0.4) is 0 Å². The second-order valence-corrected chi connectivity index (χ2v) is 11.2. The third kappa shape index (κ3) is 12.6. The Kier molecular flexibility index (Phi) is 16.1. The third-order valence-electron chi connectivity index (χ3n) is 7.73. The van der Waals surface area contributed by atoms with E-state index in [4.69, 9.17) is 20.9 Å². The Labute approximate surface area is 244 Å². The number of carbonyl (C=O) groups is 2. The molecule has 2 aromatic rings. The van der Waals surface area contributed by atoms with E-state index in [0.717, 1.165) is 25.7 Å². The zero-order chi connectivity index (χ0) is 30.0. The Balaban J connectivity index is 1.80. The number of carbonyl (C=O) groups excluding carboxylic acids is 2. The van der Waals surface area contributed by atoms with E-state index in [1.54, 1.807) is 4.57 Å². The molecule has 2 heterocycles. The van der Waals surface area contributed by atoms with Crippen molar-refractivity contribution in [2.24, 2.45) is 17.6 Å². The molecular formula is C30H52N6O5. The molecule has 232 valence electrons. The minimum atomic E-state index is -0.708. The maximum Gasteiger partial charge on any atom is 0.323 e. The first-order valence-electron chi connectivity index (χ1n) is 15.5. The summed E-state index contributed by atoms with van der Waals surface area (Å²) < 4.78 is 12.8. The van der Waals surface area contributed by atoms with Gasteiger partial charge in [0.05, 0.1) is 19.5 Å². The van der Waals surface area contributed by atoms with Gasteiger partial charge in [0.1, 0.15) is 6.04 Å². The van der Waals surface area contributed by atoms with Gasteiger partial charge in [-0.2, -0.15) is 4.98 Å². The van der Waals surface area contributed by atoms with Crippen molar-refractivity contribution >= 4 is 29.1 Å². The molecule has 0 saturated carbocycles. The summed E-state index contributed by atoms with van der Waals surface area (Å²) in [6.45, 7) is 6.72. The summed E-state index contributed by atoms with van der Waals surface area (Å²) in [6.07, 6.45) is 16.5. The summed E-state index contributed by atoms with van der Waals surface area (Å²) in [4.78, 5) is 47.7. The molecule has 11 nitrogen and oxygen atoms in total. The van der Waals surface area contributed by atoms with Gasteiger partial charge in [-0.3, -0.25) is 19.4 Å². The van der Waals surface area contributed by atoms with E-state index in [9.17, 15) is 14.4 Å². The van der Waals surface area contributed by atoms with Crippen molar-refractivity contribution in [2.75, 3.05) is 18.9 Å². The summed E-state index contributed by atoms with van der Waals surface area (Å²) in [5.41, 5.74) is 11.9. The fourth-order valence-corrected chi connectivity index (χ4v) is 4.67. The zero-order valence-electron chi connectivity index (χ0n) is 25.4. The number of nitrogens with one attached hydrogen (secondary N) is 1. The average molecular weight is 577 g/mol. The van der Waals surface area contributed by atoms with Crippen molar-refractivity contribution < 1.29 is 19.1 Å². The van der Waals surface area contributed by atoms with Crippen molar-refractivity contribution in [1.29, 1.82) is 0 Å². The number of imidazole rings is 1. The van der Waals surface area contributed by atoms with Crippen LogP contribution in [0, 0.1) is 11.8 Å². The number of esters is 2. The molecule has 0 aliphatic heterocycles. The number of hydrogen-bond donors (Lipinski definition) is 3. The van der Waals surface area contributed by atoms with Crippen LogP contribution in [0.5, 0.6) is 0 Å². The van der Waals surface area contributed by atoms with Crippen molar-refractivity contribution in [2.45, 2.75) is 123 Å². The monoisotopic (exact) mass is 576 g/mol. The van der Waals surface area contributed by atoms with Crippen LogP contribution in [0.2, 0.25) is 0 Å². The lowest BCUT2D eigenvalue weighted by molar-refractivity contribution is -0.151. The lowest BCUT2D eigenvalue weighted by atomic mass is 10.0. The van der Waals surface area contributed by atoms with Crippen molar-refractivity contribution in [3.8, 4) is 0 Å². The number of unbranched alkanes of at least 4 members (excludes halogenated alkanes) is 10. The van der Waals surface area contributed by atoms with Crippen LogP contribution in [-0.4, -0.2) is 50.7 Å². The van der Waals surface area contributed by atoms with Crippen LogP contribution in [0.4, 0.5) is 5.95 Å². The highest BCUT2D eigenvalue weighted by atomic mass is 16.5. The number of aromatic amines is 1. The number of nitrogen functional groups attached to an aromatic ring is 1. The molecule has 0 bridgehead atoms. The molecule has 2 rings (SSSR count). The lowest BCUT2D eigenvalue weighted by Crippen LogP contribution is -2.39. The van der Waals surface area contributed by atoms with Crippen molar-refractivity contribution in [3.63, 3.8) is 0 Å². The summed E-state index contributed by atoms with van der Waals surface area (Å²) >= 11 is 0. The van der Waals surface area contributed by atoms with Crippen LogP contribution in [0.1, 0.15) is 111 Å². The Morgan fingerprint density at radius 2 is 1.59 bits per heavy atom. The number of nitrogens with zero attached hydrogens (tertiary/aromatic N) is 3. The fraction of sp³-hybridized carbons (Fsp3) is 0.767. The summed E-state index contributed by atoms with van der Waals surface area (Å²) in [5, 5.41) is 0. The Bertz CT molecular complexity index is 1100. The van der Waals surface area contributed by atoms with Crippen LogP contribution >= 0.6 is 0 Å². The minimum absolute atomic E-state index is 0.00323. The molecule has 0 aliphatic carbocycles. The Morgan fingerprint density at radius 1 is 0.976 bits per heavy atom. The topological polar surface area (TPSA) is 168 Å². The number of ether oxygens (including phenoxy) is 2. The molecule has 0 amide bonds. The summed E-state index contributed by atoms with van der Waals surface area (Å²) in [6, 6.07) is -0.708. The van der Waals surface area contributed by atoms with E-state index in [1.165, 1.54) is 57.7 Å². The second kappa shape index (κ2) is 19.2. The predicted octanol–water partition coefficient (Wildman–Crippen LogP) is 4.87. The first kappa shape index (κ1) is 34.3. The highest BCUT2D eigenvalue weighted by molar-refractivity contribution is 5.75. The maximum absolute atomic E-state index is 12.5. The van der Waals surface area contributed by atoms with Gasteiger partial charge in [-0.05, 0) is 18.8 Å². The molecule has 41 heavy (non-hydrogen) atoms. The van der Waals surface area contributed by atoms with Gasteiger partial charge in [0.15, 0.2) is 11.2 Å². The highest BCUT2D eigenvalue weighted by Crippen LogP contribution is 2.15. The number of nitrogens with two attached hydrogens (primary N) is 2. The molecule has 2 aromatic heterocycles. The number of hydrogen-bond acceptors (Lipinski definition) is 9. The zero-order valence-corrected chi connectivity index (χ0v) is 25.4. The van der Waals surface area contributed by atoms with Crippen molar-refractivity contribution in [3.05, 3.63) is 16.7 Å². The molecule has 11 heteroatoms. The normalized spacial score (nSPS) is 13.7. The van der Waals surface area contributed by atoms with Gasteiger partial charge < -0.3 is 25.5 Å². The molecule has 5 N–H and O–H groups in total. The quantitative estimate of drug-likeness (QED) is 0.131. The van der Waals surface area contributed by atoms with E-state index >= 15 is 0 Å². The van der Waals surface area contributed by atoms with E-state index in [-0.39, 0.29) is 42.5 Å². The first-order valence-corrected chi connectivity index (χ1v) is 15.5. The number of H-pyrrole nitrogens is 1. The molecule has 0 saturated heterocycles. The highest BCUT2D eigenvalue weighted by Gasteiger charge is 2.23. The number of rotatable bonds is 22. The van der Waals surface area contributed by atoms with Gasteiger partial charge in [-0.15, -0.1) is 0 Å².